The van der Waals surface area contributed by atoms with Gasteiger partial charge in [-0.15, -0.1) is 0 Å². The zero-order chi connectivity index (χ0) is 13.9. The van der Waals surface area contributed by atoms with Crippen LogP contribution in [-0.2, 0) is 6.54 Å². The number of para-hydroxylation sites is 1. The first-order valence-corrected chi connectivity index (χ1v) is 7.22. The van der Waals surface area contributed by atoms with E-state index in [0.717, 1.165) is 34.6 Å². The zero-order valence-corrected chi connectivity index (χ0v) is 12.4. The molecule has 0 aromatic heterocycles. The summed E-state index contributed by atoms with van der Waals surface area (Å²) >= 11 is 3.48. The quantitative estimate of drug-likeness (QED) is 0.800. The fourth-order valence-corrected chi connectivity index (χ4v) is 2.74. The smallest absolute Gasteiger partial charge is 0.124 e. The second kappa shape index (κ2) is 5.56. The summed E-state index contributed by atoms with van der Waals surface area (Å²) in [4.78, 5) is 2.19. The van der Waals surface area contributed by atoms with Gasteiger partial charge in [0.2, 0.25) is 0 Å². The van der Waals surface area contributed by atoms with Crippen LogP contribution in [0.25, 0.3) is 0 Å². The highest BCUT2D eigenvalue weighted by Gasteiger charge is 2.17. The molecule has 20 heavy (non-hydrogen) atoms. The molecule has 0 bridgehead atoms. The molecule has 1 heterocycles. The van der Waals surface area contributed by atoms with E-state index < -0.39 is 0 Å². The Hall–Kier alpha value is -1.99. The van der Waals surface area contributed by atoms with Crippen molar-refractivity contribution in [3.8, 4) is 11.8 Å². The van der Waals surface area contributed by atoms with E-state index in [2.05, 4.69) is 33.0 Å². The Morgan fingerprint density at radius 3 is 2.90 bits per heavy atom. The molecule has 3 rings (SSSR count). The minimum absolute atomic E-state index is 0.619. The monoisotopic (exact) mass is 328 g/mol. The number of hydrogen-bond donors (Lipinski definition) is 0. The third-order valence-electron chi connectivity index (χ3n) is 3.37. The number of nitriles is 1. The van der Waals surface area contributed by atoms with Crippen molar-refractivity contribution in [1.29, 1.82) is 5.26 Å². The topological polar surface area (TPSA) is 36.3 Å². The molecule has 0 radical (unpaired) electrons. The van der Waals surface area contributed by atoms with E-state index in [4.69, 9.17) is 4.74 Å². The Kier molecular flexibility index (Phi) is 3.62. The SMILES string of the molecule is N#Cc1ccc(Br)cc1N1CCOc2ccccc2C1. The third-order valence-corrected chi connectivity index (χ3v) is 3.87. The predicted octanol–water partition coefficient (Wildman–Crippen LogP) is 3.72. The lowest BCUT2D eigenvalue weighted by Gasteiger charge is -2.23. The van der Waals surface area contributed by atoms with Gasteiger partial charge in [-0.3, -0.25) is 0 Å². The van der Waals surface area contributed by atoms with E-state index in [-0.39, 0.29) is 0 Å². The van der Waals surface area contributed by atoms with Gasteiger partial charge in [0.1, 0.15) is 18.4 Å². The van der Waals surface area contributed by atoms with E-state index in [1.165, 1.54) is 0 Å². The Labute approximate surface area is 126 Å². The van der Waals surface area contributed by atoms with Crippen LogP contribution in [0.1, 0.15) is 11.1 Å². The maximum absolute atomic E-state index is 9.28. The lowest BCUT2D eigenvalue weighted by Crippen LogP contribution is -2.26. The standard InChI is InChI=1S/C16H13BrN2O/c17-14-6-5-12(10-18)15(9-14)19-7-8-20-16-4-2-1-3-13(16)11-19/h1-6,9H,7-8,11H2. The third kappa shape index (κ3) is 2.50. The van der Waals surface area contributed by atoms with Crippen LogP contribution in [0.5, 0.6) is 5.75 Å². The van der Waals surface area contributed by atoms with Crippen LogP contribution >= 0.6 is 15.9 Å². The number of ether oxygens (including phenoxy) is 1. The van der Waals surface area contributed by atoms with Crippen LogP contribution in [0, 0.1) is 11.3 Å². The van der Waals surface area contributed by atoms with Gasteiger partial charge >= 0.3 is 0 Å². The average molecular weight is 329 g/mol. The van der Waals surface area contributed by atoms with Crippen molar-refractivity contribution in [1.82, 2.24) is 0 Å². The van der Waals surface area contributed by atoms with E-state index in [9.17, 15) is 5.26 Å². The van der Waals surface area contributed by atoms with Crippen LogP contribution < -0.4 is 9.64 Å². The molecule has 0 unspecified atom stereocenters. The first kappa shape index (κ1) is 13.0. The molecule has 2 aromatic rings. The minimum Gasteiger partial charge on any atom is -0.491 e. The average Bonchev–Trinajstić information content (AvgIpc) is 2.69. The predicted molar refractivity (Wildman–Crippen MR) is 81.8 cm³/mol. The molecule has 0 aliphatic carbocycles. The molecular weight excluding hydrogens is 316 g/mol. The van der Waals surface area contributed by atoms with Crippen molar-refractivity contribution in [3.05, 3.63) is 58.1 Å². The molecule has 4 heteroatoms. The molecule has 3 nitrogen and oxygen atoms in total. The van der Waals surface area contributed by atoms with Gasteiger partial charge in [-0.1, -0.05) is 34.1 Å². The first-order chi connectivity index (χ1) is 9.78. The Balaban J connectivity index is 2.00. The molecule has 0 amide bonds. The fourth-order valence-electron chi connectivity index (χ4n) is 2.39. The second-order valence-electron chi connectivity index (χ2n) is 4.65. The number of benzene rings is 2. The molecule has 100 valence electrons. The van der Waals surface area contributed by atoms with Gasteiger partial charge in [-0.2, -0.15) is 5.26 Å². The minimum atomic E-state index is 0.619. The normalized spacial score (nSPS) is 13.9. The maximum atomic E-state index is 9.28. The van der Waals surface area contributed by atoms with E-state index in [1.807, 2.05) is 36.4 Å². The van der Waals surface area contributed by atoms with Crippen molar-refractivity contribution in [2.24, 2.45) is 0 Å². The summed E-state index contributed by atoms with van der Waals surface area (Å²) in [5, 5.41) is 9.28. The summed E-state index contributed by atoms with van der Waals surface area (Å²) in [6.07, 6.45) is 0. The Morgan fingerprint density at radius 1 is 1.20 bits per heavy atom. The van der Waals surface area contributed by atoms with Crippen LogP contribution in [-0.4, -0.2) is 13.2 Å². The summed E-state index contributed by atoms with van der Waals surface area (Å²) < 4.78 is 6.74. The number of halogens is 1. The Morgan fingerprint density at radius 2 is 2.05 bits per heavy atom. The van der Waals surface area contributed by atoms with Gasteiger partial charge in [-0.05, 0) is 24.3 Å². The van der Waals surface area contributed by atoms with Gasteiger partial charge in [0, 0.05) is 16.6 Å². The molecular formula is C16H13BrN2O. The van der Waals surface area contributed by atoms with Crippen LogP contribution in [0.3, 0.4) is 0 Å². The molecule has 2 aromatic carbocycles. The Bertz CT molecular complexity index is 678. The maximum Gasteiger partial charge on any atom is 0.124 e. The van der Waals surface area contributed by atoms with Crippen molar-refractivity contribution in [2.75, 3.05) is 18.1 Å². The van der Waals surface area contributed by atoms with Crippen molar-refractivity contribution < 1.29 is 4.74 Å². The summed E-state index contributed by atoms with van der Waals surface area (Å²) in [6, 6.07) is 16.0. The highest BCUT2D eigenvalue weighted by atomic mass is 79.9. The zero-order valence-electron chi connectivity index (χ0n) is 10.8. The molecule has 0 saturated carbocycles. The van der Waals surface area contributed by atoms with Crippen LogP contribution in [0.2, 0.25) is 0 Å². The number of hydrogen-bond acceptors (Lipinski definition) is 3. The lowest BCUT2D eigenvalue weighted by atomic mass is 10.1. The lowest BCUT2D eigenvalue weighted by molar-refractivity contribution is 0.331. The van der Waals surface area contributed by atoms with Gasteiger partial charge in [0.05, 0.1) is 17.8 Å². The molecule has 0 fully saturated rings. The second-order valence-corrected chi connectivity index (χ2v) is 5.57. The number of anilines is 1. The van der Waals surface area contributed by atoms with Crippen molar-refractivity contribution >= 4 is 21.6 Å². The molecule has 0 spiro atoms. The van der Waals surface area contributed by atoms with Crippen molar-refractivity contribution in [2.45, 2.75) is 6.54 Å². The molecule has 1 aliphatic heterocycles. The first-order valence-electron chi connectivity index (χ1n) is 6.43. The van der Waals surface area contributed by atoms with Crippen LogP contribution in [0.4, 0.5) is 5.69 Å². The molecule has 0 atom stereocenters. The van der Waals surface area contributed by atoms with E-state index in [0.29, 0.717) is 12.2 Å². The van der Waals surface area contributed by atoms with Gasteiger partial charge in [0.15, 0.2) is 0 Å². The number of rotatable bonds is 1. The largest absolute Gasteiger partial charge is 0.491 e. The summed E-state index contributed by atoms with van der Waals surface area (Å²) in [5.41, 5.74) is 2.78. The molecule has 0 saturated heterocycles. The van der Waals surface area contributed by atoms with Gasteiger partial charge in [0.25, 0.3) is 0 Å². The highest BCUT2D eigenvalue weighted by molar-refractivity contribution is 9.10. The van der Waals surface area contributed by atoms with Crippen LogP contribution in [0.15, 0.2) is 46.9 Å². The molecule has 1 aliphatic rings. The van der Waals surface area contributed by atoms with E-state index in [1.54, 1.807) is 0 Å². The van der Waals surface area contributed by atoms with Crippen molar-refractivity contribution in [3.63, 3.8) is 0 Å². The number of nitrogens with zero attached hydrogens (tertiary/aromatic N) is 2. The fraction of sp³-hybridized carbons (Fsp3) is 0.188. The highest BCUT2D eigenvalue weighted by Crippen LogP contribution is 2.29. The molecule has 0 N–H and O–H groups in total. The van der Waals surface area contributed by atoms with E-state index >= 15 is 0 Å². The summed E-state index contributed by atoms with van der Waals surface area (Å²) in [5.74, 6) is 0.934. The summed E-state index contributed by atoms with van der Waals surface area (Å²) in [7, 11) is 0. The van der Waals surface area contributed by atoms with Gasteiger partial charge in [-0.25, -0.2) is 0 Å². The number of fused-ring (bicyclic) bond motifs is 1. The van der Waals surface area contributed by atoms with Gasteiger partial charge < -0.3 is 9.64 Å². The summed E-state index contributed by atoms with van der Waals surface area (Å²) in [6.45, 7) is 2.13.